The summed E-state index contributed by atoms with van der Waals surface area (Å²) in [4.78, 5) is 13.6. The van der Waals surface area contributed by atoms with E-state index in [9.17, 15) is 4.79 Å². The molecule has 3 aromatic rings. The van der Waals surface area contributed by atoms with Crippen molar-refractivity contribution < 1.29 is 0 Å². The average Bonchev–Trinajstić information content (AvgIpc) is 3.06. The van der Waals surface area contributed by atoms with Crippen molar-refractivity contribution in [1.82, 2.24) is 19.2 Å². The van der Waals surface area contributed by atoms with Gasteiger partial charge in [0, 0.05) is 23.1 Å². The van der Waals surface area contributed by atoms with Crippen molar-refractivity contribution in [3.8, 4) is 11.3 Å². The van der Waals surface area contributed by atoms with Crippen LogP contribution < -0.4 is 5.56 Å². The van der Waals surface area contributed by atoms with Gasteiger partial charge in [0.15, 0.2) is 5.16 Å². The van der Waals surface area contributed by atoms with E-state index in [1.165, 1.54) is 5.56 Å². The standard InChI is InChI=1S/C20H24N4OS/c1-5-20(4)12-13-10-8-9-11-14(13)16-15(20)17(25)24-18(23(16)6-2)21-22-19(24)26-7-3/h8-11H,5-7,12H2,1-4H3. The van der Waals surface area contributed by atoms with Gasteiger partial charge in [-0.3, -0.25) is 4.79 Å². The van der Waals surface area contributed by atoms with Crippen LogP contribution in [0.25, 0.3) is 17.0 Å². The largest absolute Gasteiger partial charge is 0.309 e. The summed E-state index contributed by atoms with van der Waals surface area (Å²) in [5, 5.41) is 9.38. The van der Waals surface area contributed by atoms with Crippen LogP contribution in [0.3, 0.4) is 0 Å². The van der Waals surface area contributed by atoms with Gasteiger partial charge in [0.1, 0.15) is 0 Å². The van der Waals surface area contributed by atoms with Crippen molar-refractivity contribution in [2.45, 2.75) is 57.7 Å². The fourth-order valence-corrected chi connectivity index (χ4v) is 4.78. The van der Waals surface area contributed by atoms with Crippen LogP contribution in [0, 0.1) is 0 Å². The molecule has 2 heterocycles. The van der Waals surface area contributed by atoms with Crippen LogP contribution in [0.15, 0.2) is 34.2 Å². The smallest absolute Gasteiger partial charge is 0.265 e. The Balaban J connectivity index is 2.20. The molecule has 136 valence electrons. The molecule has 1 atom stereocenters. The summed E-state index contributed by atoms with van der Waals surface area (Å²) in [6.45, 7) is 9.30. The van der Waals surface area contributed by atoms with Crippen molar-refractivity contribution in [3.05, 3.63) is 45.7 Å². The van der Waals surface area contributed by atoms with Gasteiger partial charge in [0.25, 0.3) is 5.56 Å². The Labute approximate surface area is 157 Å². The molecule has 2 aromatic heterocycles. The first kappa shape index (κ1) is 17.3. The van der Waals surface area contributed by atoms with Gasteiger partial charge < -0.3 is 4.57 Å². The zero-order valence-electron chi connectivity index (χ0n) is 15.7. The number of hydrogen-bond donors (Lipinski definition) is 0. The highest BCUT2D eigenvalue weighted by molar-refractivity contribution is 7.99. The summed E-state index contributed by atoms with van der Waals surface area (Å²) in [6.07, 6.45) is 1.80. The number of thioether (sulfide) groups is 1. The zero-order valence-corrected chi connectivity index (χ0v) is 16.6. The van der Waals surface area contributed by atoms with Crippen molar-refractivity contribution in [2.24, 2.45) is 0 Å². The quantitative estimate of drug-likeness (QED) is 0.655. The average molecular weight is 369 g/mol. The summed E-state index contributed by atoms with van der Waals surface area (Å²) < 4.78 is 3.88. The molecule has 0 saturated carbocycles. The normalized spacial score (nSPS) is 18.8. The molecule has 5 nitrogen and oxygen atoms in total. The van der Waals surface area contributed by atoms with Gasteiger partial charge in [-0.05, 0) is 31.1 Å². The highest BCUT2D eigenvalue weighted by atomic mass is 32.2. The van der Waals surface area contributed by atoms with Crippen LogP contribution in [-0.4, -0.2) is 24.9 Å². The predicted octanol–water partition coefficient (Wildman–Crippen LogP) is 3.91. The number of benzene rings is 1. The molecular formula is C20H24N4OS. The van der Waals surface area contributed by atoms with Crippen molar-refractivity contribution in [1.29, 1.82) is 0 Å². The van der Waals surface area contributed by atoms with E-state index >= 15 is 0 Å². The highest BCUT2D eigenvalue weighted by Crippen LogP contribution is 2.43. The molecule has 0 bridgehead atoms. The Morgan fingerprint density at radius 1 is 1.19 bits per heavy atom. The van der Waals surface area contributed by atoms with Crippen LogP contribution in [-0.2, 0) is 18.4 Å². The van der Waals surface area contributed by atoms with Gasteiger partial charge in [-0.2, -0.15) is 0 Å². The Kier molecular flexibility index (Phi) is 4.18. The fourth-order valence-electron chi connectivity index (χ4n) is 4.13. The van der Waals surface area contributed by atoms with Gasteiger partial charge in [-0.25, -0.2) is 4.40 Å². The van der Waals surface area contributed by atoms with Gasteiger partial charge in [-0.1, -0.05) is 56.8 Å². The lowest BCUT2D eigenvalue weighted by molar-refractivity contribution is 0.435. The van der Waals surface area contributed by atoms with Gasteiger partial charge in [0.2, 0.25) is 5.78 Å². The monoisotopic (exact) mass is 368 g/mol. The van der Waals surface area contributed by atoms with E-state index in [-0.39, 0.29) is 11.0 Å². The minimum Gasteiger partial charge on any atom is -0.309 e. The molecule has 0 radical (unpaired) electrons. The van der Waals surface area contributed by atoms with E-state index in [1.54, 1.807) is 16.2 Å². The zero-order chi connectivity index (χ0) is 18.5. The number of hydrogen-bond acceptors (Lipinski definition) is 4. The van der Waals surface area contributed by atoms with Crippen molar-refractivity contribution >= 4 is 17.5 Å². The number of aromatic nitrogens is 4. The van der Waals surface area contributed by atoms with E-state index < -0.39 is 0 Å². The van der Waals surface area contributed by atoms with Crippen LogP contribution in [0.4, 0.5) is 0 Å². The third-order valence-electron chi connectivity index (χ3n) is 5.61. The van der Waals surface area contributed by atoms with Crippen LogP contribution in [0.1, 0.15) is 45.2 Å². The van der Waals surface area contributed by atoms with Crippen LogP contribution in [0.5, 0.6) is 0 Å². The summed E-state index contributed by atoms with van der Waals surface area (Å²) in [5.74, 6) is 1.50. The lowest BCUT2D eigenvalue weighted by Crippen LogP contribution is -2.39. The SMILES string of the molecule is CCSc1nnc2n(CC)c3c(c(=O)n12)C(C)(CC)Cc1ccccc1-3. The third kappa shape index (κ3) is 2.28. The summed E-state index contributed by atoms with van der Waals surface area (Å²) in [7, 11) is 0. The molecule has 26 heavy (non-hydrogen) atoms. The first-order valence-electron chi connectivity index (χ1n) is 9.29. The predicted molar refractivity (Wildman–Crippen MR) is 106 cm³/mol. The topological polar surface area (TPSA) is 52.2 Å². The molecule has 0 aliphatic heterocycles. The maximum absolute atomic E-state index is 13.6. The molecule has 0 spiro atoms. The number of rotatable bonds is 4. The van der Waals surface area contributed by atoms with Gasteiger partial charge in [0.05, 0.1) is 5.69 Å². The van der Waals surface area contributed by atoms with Gasteiger partial charge >= 0.3 is 0 Å². The first-order chi connectivity index (χ1) is 12.6. The summed E-state index contributed by atoms with van der Waals surface area (Å²) in [5.41, 5.74) is 4.24. The first-order valence-corrected chi connectivity index (χ1v) is 10.3. The lowest BCUT2D eigenvalue weighted by atomic mass is 9.69. The van der Waals surface area contributed by atoms with Crippen molar-refractivity contribution in [3.63, 3.8) is 0 Å². The van der Waals surface area contributed by atoms with Crippen LogP contribution in [0.2, 0.25) is 0 Å². The van der Waals surface area contributed by atoms with E-state index in [0.717, 1.165) is 42.0 Å². The molecule has 0 N–H and O–H groups in total. The minimum absolute atomic E-state index is 0.0412. The Bertz CT molecular complexity index is 1050. The molecule has 1 aromatic carbocycles. The van der Waals surface area contributed by atoms with Crippen LogP contribution >= 0.6 is 11.8 Å². The molecule has 4 rings (SSSR count). The van der Waals surface area contributed by atoms with E-state index in [4.69, 9.17) is 0 Å². The van der Waals surface area contributed by atoms with Crippen molar-refractivity contribution in [2.75, 3.05) is 5.75 Å². The molecular weight excluding hydrogens is 344 g/mol. The third-order valence-corrected chi connectivity index (χ3v) is 6.42. The second-order valence-electron chi connectivity index (χ2n) is 7.07. The highest BCUT2D eigenvalue weighted by Gasteiger charge is 2.39. The maximum atomic E-state index is 13.6. The molecule has 0 saturated heterocycles. The maximum Gasteiger partial charge on any atom is 0.265 e. The van der Waals surface area contributed by atoms with Gasteiger partial charge in [-0.15, -0.1) is 10.2 Å². The molecule has 6 heteroatoms. The Hall–Kier alpha value is -2.08. The molecule has 1 unspecified atom stereocenters. The molecule has 0 amide bonds. The molecule has 1 aliphatic carbocycles. The van der Waals surface area contributed by atoms with E-state index in [0.29, 0.717) is 10.9 Å². The number of fused-ring (bicyclic) bond motifs is 4. The number of nitrogens with zero attached hydrogens (tertiary/aromatic N) is 4. The second-order valence-corrected chi connectivity index (χ2v) is 8.30. The summed E-state index contributed by atoms with van der Waals surface area (Å²) >= 11 is 1.56. The van der Waals surface area contributed by atoms with E-state index in [1.807, 2.05) is 6.07 Å². The lowest BCUT2D eigenvalue weighted by Gasteiger charge is -2.37. The Morgan fingerprint density at radius 3 is 2.65 bits per heavy atom. The Morgan fingerprint density at radius 2 is 1.96 bits per heavy atom. The van der Waals surface area contributed by atoms with E-state index in [2.05, 4.69) is 60.7 Å². The number of aryl methyl sites for hydroxylation is 1. The molecule has 0 fully saturated rings. The second kappa shape index (κ2) is 6.27. The fraction of sp³-hybridized carbons (Fsp3) is 0.450. The summed E-state index contributed by atoms with van der Waals surface area (Å²) in [6, 6.07) is 8.45. The molecule has 1 aliphatic rings. The minimum atomic E-state index is -0.190.